The third-order valence-electron chi connectivity index (χ3n) is 1.96. The van der Waals surface area contributed by atoms with Crippen LogP contribution in [-0.2, 0) is 0 Å². The van der Waals surface area contributed by atoms with Gasteiger partial charge in [0.25, 0.3) is 0 Å². The Morgan fingerprint density at radius 1 is 1.57 bits per heavy atom. The minimum atomic E-state index is -0.0208. The van der Waals surface area contributed by atoms with Gasteiger partial charge in [-0.1, -0.05) is 13.8 Å². The molecule has 0 aromatic carbocycles. The molecule has 1 aliphatic rings. The van der Waals surface area contributed by atoms with E-state index in [9.17, 15) is 0 Å². The highest BCUT2D eigenvalue weighted by Gasteiger charge is 2.36. The molecule has 0 bridgehead atoms. The monoisotopic (exact) mass is 100 g/mol. The molecule has 1 aliphatic carbocycles. The lowest BCUT2D eigenvalue weighted by Gasteiger charge is -2.40. The van der Waals surface area contributed by atoms with Gasteiger partial charge >= 0.3 is 0 Å². The summed E-state index contributed by atoms with van der Waals surface area (Å²) in [5.74, 6) is 0. The fourth-order valence-electron chi connectivity index (χ4n) is 0.851. The van der Waals surface area contributed by atoms with Gasteiger partial charge in [0.05, 0.1) is 6.10 Å². The molecule has 42 valence electrons. The Balaban J connectivity index is 2.43. The van der Waals surface area contributed by atoms with E-state index in [4.69, 9.17) is 5.11 Å². The first kappa shape index (κ1) is 5.10. The van der Waals surface area contributed by atoms with Crippen molar-refractivity contribution in [3.05, 3.63) is 0 Å². The lowest BCUT2D eigenvalue weighted by atomic mass is 9.69. The van der Waals surface area contributed by atoms with Gasteiger partial charge in [0.15, 0.2) is 0 Å². The van der Waals surface area contributed by atoms with Crippen LogP contribution in [0.4, 0.5) is 0 Å². The Bertz CT molecular complexity index is 76.2. The number of aliphatic hydroxyl groups is 1. The van der Waals surface area contributed by atoms with Crippen molar-refractivity contribution in [2.24, 2.45) is 5.41 Å². The second-order valence-corrected chi connectivity index (χ2v) is 3.04. The van der Waals surface area contributed by atoms with Crippen molar-refractivity contribution in [2.75, 3.05) is 0 Å². The van der Waals surface area contributed by atoms with E-state index < -0.39 is 0 Å². The molecule has 0 spiro atoms. The van der Waals surface area contributed by atoms with Crippen LogP contribution in [0.15, 0.2) is 0 Å². The molecule has 1 saturated carbocycles. The zero-order valence-corrected chi connectivity index (χ0v) is 4.94. The van der Waals surface area contributed by atoms with E-state index in [0.29, 0.717) is 0 Å². The quantitative estimate of drug-likeness (QED) is 0.484. The molecule has 0 radical (unpaired) electrons. The van der Waals surface area contributed by atoms with E-state index in [0.717, 1.165) is 6.42 Å². The van der Waals surface area contributed by atoms with Crippen molar-refractivity contribution in [3.63, 3.8) is 0 Å². The molecule has 0 unspecified atom stereocenters. The van der Waals surface area contributed by atoms with E-state index in [2.05, 4.69) is 13.8 Å². The summed E-state index contributed by atoms with van der Waals surface area (Å²) in [5, 5.41) is 8.98. The third kappa shape index (κ3) is 0.653. The normalized spacial score (nSPS) is 37.3. The number of hydrogen-bond donors (Lipinski definition) is 1. The Morgan fingerprint density at radius 3 is 2.00 bits per heavy atom. The predicted octanol–water partition coefficient (Wildman–Crippen LogP) is 1.17. The van der Waals surface area contributed by atoms with Crippen LogP contribution in [0.25, 0.3) is 0 Å². The minimum absolute atomic E-state index is 0.0208. The molecular formula is C6H12O. The molecule has 1 nitrogen and oxygen atoms in total. The van der Waals surface area contributed by atoms with Crippen molar-refractivity contribution < 1.29 is 5.11 Å². The second kappa shape index (κ2) is 1.22. The molecule has 1 rings (SSSR count). The van der Waals surface area contributed by atoms with E-state index in [1.54, 1.807) is 0 Å². The van der Waals surface area contributed by atoms with Crippen molar-refractivity contribution in [3.8, 4) is 0 Å². The van der Waals surface area contributed by atoms with Gasteiger partial charge in [0, 0.05) is 0 Å². The molecule has 1 heteroatoms. The Hall–Kier alpha value is -0.0400. The van der Waals surface area contributed by atoms with E-state index in [-0.39, 0.29) is 11.5 Å². The van der Waals surface area contributed by atoms with Gasteiger partial charge in [-0.15, -0.1) is 0 Å². The highest BCUT2D eigenvalue weighted by molar-refractivity contribution is 4.87. The van der Waals surface area contributed by atoms with Gasteiger partial charge in [-0.3, -0.25) is 0 Å². The van der Waals surface area contributed by atoms with Crippen molar-refractivity contribution in [2.45, 2.75) is 32.8 Å². The second-order valence-electron chi connectivity index (χ2n) is 3.04. The molecule has 1 atom stereocenters. The largest absolute Gasteiger partial charge is 0.393 e. The van der Waals surface area contributed by atoms with Crippen LogP contribution < -0.4 is 0 Å². The molecule has 7 heavy (non-hydrogen) atoms. The van der Waals surface area contributed by atoms with Gasteiger partial charge < -0.3 is 5.11 Å². The Labute approximate surface area is 44.4 Å². The zero-order chi connectivity index (χ0) is 5.49. The van der Waals surface area contributed by atoms with Crippen molar-refractivity contribution >= 4 is 0 Å². The maximum absolute atomic E-state index is 8.98. The first-order valence-electron chi connectivity index (χ1n) is 2.81. The topological polar surface area (TPSA) is 20.2 Å². The summed E-state index contributed by atoms with van der Waals surface area (Å²) in [7, 11) is 0. The molecule has 1 N–H and O–H groups in total. The maximum atomic E-state index is 8.98. The maximum Gasteiger partial charge on any atom is 0.0591 e. The van der Waals surface area contributed by atoms with Crippen molar-refractivity contribution in [1.82, 2.24) is 0 Å². The van der Waals surface area contributed by atoms with Gasteiger partial charge in [-0.25, -0.2) is 0 Å². The smallest absolute Gasteiger partial charge is 0.0591 e. The number of rotatable bonds is 0. The predicted molar refractivity (Wildman–Crippen MR) is 29.0 cm³/mol. The van der Waals surface area contributed by atoms with Gasteiger partial charge in [-0.05, 0) is 18.3 Å². The van der Waals surface area contributed by atoms with Crippen LogP contribution in [0.2, 0.25) is 0 Å². The SMILES string of the molecule is CC1(C)CC[C@H]1O. The lowest BCUT2D eigenvalue weighted by molar-refractivity contribution is -0.0383. The molecule has 1 fully saturated rings. The van der Waals surface area contributed by atoms with Crippen molar-refractivity contribution in [1.29, 1.82) is 0 Å². The molecule has 0 saturated heterocycles. The summed E-state index contributed by atoms with van der Waals surface area (Å²) in [6.07, 6.45) is 2.17. The van der Waals surface area contributed by atoms with Crippen LogP contribution in [0.5, 0.6) is 0 Å². The zero-order valence-electron chi connectivity index (χ0n) is 4.94. The summed E-state index contributed by atoms with van der Waals surface area (Å²) in [6, 6.07) is 0. The molecule has 0 amide bonds. The van der Waals surface area contributed by atoms with Crippen LogP contribution in [0.3, 0.4) is 0 Å². The first-order chi connectivity index (χ1) is 3.13. The fraction of sp³-hybridized carbons (Fsp3) is 1.00. The van der Waals surface area contributed by atoms with Gasteiger partial charge in [0.2, 0.25) is 0 Å². The Morgan fingerprint density at radius 2 is 2.00 bits per heavy atom. The van der Waals surface area contributed by atoms with Gasteiger partial charge in [-0.2, -0.15) is 0 Å². The highest BCUT2D eigenvalue weighted by Crippen LogP contribution is 2.39. The summed E-state index contributed by atoms with van der Waals surface area (Å²) >= 11 is 0. The average molecular weight is 100 g/mol. The van der Waals surface area contributed by atoms with E-state index in [1.807, 2.05) is 0 Å². The average Bonchev–Trinajstić information content (AvgIpc) is 1.63. The lowest BCUT2D eigenvalue weighted by Crippen LogP contribution is -2.39. The molecule has 0 aromatic rings. The van der Waals surface area contributed by atoms with E-state index >= 15 is 0 Å². The molecule has 0 aromatic heterocycles. The first-order valence-corrected chi connectivity index (χ1v) is 2.81. The summed E-state index contributed by atoms with van der Waals surface area (Å²) in [5.41, 5.74) is 0.236. The minimum Gasteiger partial charge on any atom is -0.393 e. The molecular weight excluding hydrogens is 88.1 g/mol. The summed E-state index contributed by atoms with van der Waals surface area (Å²) in [4.78, 5) is 0. The third-order valence-corrected chi connectivity index (χ3v) is 1.96. The number of hydrogen-bond acceptors (Lipinski definition) is 1. The standard InChI is InChI=1S/C6H12O/c1-6(2)4-3-5(6)7/h5,7H,3-4H2,1-2H3/t5-/m1/s1. The number of aliphatic hydroxyl groups excluding tert-OH is 1. The van der Waals surface area contributed by atoms with Crippen LogP contribution in [0, 0.1) is 5.41 Å². The van der Waals surface area contributed by atoms with Gasteiger partial charge in [0.1, 0.15) is 0 Å². The highest BCUT2D eigenvalue weighted by atomic mass is 16.3. The van der Waals surface area contributed by atoms with Crippen LogP contribution in [0.1, 0.15) is 26.7 Å². The van der Waals surface area contributed by atoms with E-state index in [1.165, 1.54) is 6.42 Å². The summed E-state index contributed by atoms with van der Waals surface area (Å²) in [6.45, 7) is 4.20. The fourth-order valence-corrected chi connectivity index (χ4v) is 0.851. The Kier molecular flexibility index (Phi) is 0.890. The van der Waals surface area contributed by atoms with Crippen LogP contribution in [-0.4, -0.2) is 11.2 Å². The molecule has 0 heterocycles. The molecule has 0 aliphatic heterocycles. The summed E-state index contributed by atoms with van der Waals surface area (Å²) < 4.78 is 0. The van der Waals surface area contributed by atoms with Crippen LogP contribution >= 0.6 is 0 Å².